The molecular formula is C12H10Cl2N2O3S. The summed E-state index contributed by atoms with van der Waals surface area (Å²) in [5.41, 5.74) is 1.54. The smallest absolute Gasteiger partial charge is 0.339 e. The Labute approximate surface area is 125 Å². The van der Waals surface area contributed by atoms with Crippen molar-refractivity contribution in [2.24, 2.45) is 4.40 Å². The molecule has 0 saturated carbocycles. The van der Waals surface area contributed by atoms with Crippen LogP contribution in [0.5, 0.6) is 5.88 Å². The fraction of sp³-hybridized carbons (Fsp3) is 0.250. The van der Waals surface area contributed by atoms with Crippen molar-refractivity contribution in [2.75, 3.05) is 5.88 Å². The first-order valence-corrected chi connectivity index (χ1v) is 8.63. The van der Waals surface area contributed by atoms with Crippen LogP contribution < -0.4 is 4.74 Å². The highest BCUT2D eigenvalue weighted by atomic mass is 35.7. The van der Waals surface area contributed by atoms with E-state index in [2.05, 4.69) is 4.40 Å². The third kappa shape index (κ3) is 2.39. The number of rotatable bonds is 3. The molecule has 1 aliphatic heterocycles. The second-order valence-corrected chi connectivity index (χ2v) is 6.90. The highest BCUT2D eigenvalue weighted by Gasteiger charge is 2.28. The van der Waals surface area contributed by atoms with Crippen molar-refractivity contribution < 1.29 is 13.2 Å². The van der Waals surface area contributed by atoms with Gasteiger partial charge in [-0.3, -0.25) is 0 Å². The van der Waals surface area contributed by atoms with E-state index >= 15 is 0 Å². The molecule has 0 fully saturated rings. The maximum absolute atomic E-state index is 11.0. The van der Waals surface area contributed by atoms with Crippen molar-refractivity contribution in [1.82, 2.24) is 4.57 Å². The Bertz CT molecular complexity index is 798. The average molecular weight is 333 g/mol. The van der Waals surface area contributed by atoms with Crippen LogP contribution >= 0.6 is 22.3 Å². The number of benzene rings is 1. The van der Waals surface area contributed by atoms with Gasteiger partial charge in [0.2, 0.25) is 5.88 Å². The molecule has 1 atom stereocenters. The summed E-state index contributed by atoms with van der Waals surface area (Å²) in [4.78, 5) is 0. The Balaban J connectivity index is 2.19. The van der Waals surface area contributed by atoms with Crippen molar-refractivity contribution in [3.8, 4) is 5.88 Å². The van der Waals surface area contributed by atoms with Crippen LogP contribution in [0.1, 0.15) is 5.56 Å². The highest BCUT2D eigenvalue weighted by Crippen LogP contribution is 2.36. The predicted octanol–water partition coefficient (Wildman–Crippen LogP) is 2.54. The summed E-state index contributed by atoms with van der Waals surface area (Å²) in [6.45, 7) is 0.626. The number of nitrogens with zero attached hydrogens (tertiary/aromatic N) is 2. The minimum atomic E-state index is -3.95. The van der Waals surface area contributed by atoms with Crippen LogP contribution in [-0.4, -0.2) is 31.2 Å². The van der Waals surface area contributed by atoms with E-state index in [1.807, 2.05) is 28.8 Å². The first kappa shape index (κ1) is 13.7. The average Bonchev–Trinajstić information content (AvgIpc) is 2.92. The van der Waals surface area contributed by atoms with Crippen LogP contribution in [0.4, 0.5) is 0 Å². The van der Waals surface area contributed by atoms with Gasteiger partial charge in [-0.1, -0.05) is 18.2 Å². The number of hydrogen-bond donors (Lipinski definition) is 0. The predicted molar refractivity (Wildman–Crippen MR) is 79.4 cm³/mol. The standard InChI is InChI=1S/C12H10Cl2N2O3S/c13-5-8-7-16-11-4-2-1-3-9(11)10(12(16)19-8)6-15-20(14,17)18/h1-4,6,8H,5,7H2/b15-6+. The second kappa shape index (κ2) is 4.95. The molecule has 0 bridgehead atoms. The quantitative estimate of drug-likeness (QED) is 0.493. The third-order valence-corrected chi connectivity index (χ3v) is 4.05. The van der Waals surface area contributed by atoms with Gasteiger partial charge in [-0.2, -0.15) is 12.8 Å². The van der Waals surface area contributed by atoms with Gasteiger partial charge in [0.25, 0.3) is 0 Å². The number of para-hydroxylation sites is 1. The minimum Gasteiger partial charge on any atom is -0.472 e. The maximum Gasteiger partial charge on any atom is 0.339 e. The van der Waals surface area contributed by atoms with Crippen LogP contribution in [0.15, 0.2) is 28.7 Å². The Hall–Kier alpha value is -1.24. The van der Waals surface area contributed by atoms with Gasteiger partial charge in [0.15, 0.2) is 0 Å². The van der Waals surface area contributed by atoms with E-state index in [0.717, 1.165) is 10.9 Å². The van der Waals surface area contributed by atoms with Gasteiger partial charge in [0, 0.05) is 16.1 Å². The largest absolute Gasteiger partial charge is 0.472 e. The van der Waals surface area contributed by atoms with Crippen LogP contribution in [0.25, 0.3) is 10.9 Å². The molecule has 0 radical (unpaired) electrons. The molecule has 0 spiro atoms. The molecule has 5 nitrogen and oxygen atoms in total. The Morgan fingerprint density at radius 3 is 2.90 bits per heavy atom. The SMILES string of the molecule is O=S(=O)(Cl)/N=C/c1c2n(c3ccccc13)CC(CCl)O2. The number of fused-ring (bicyclic) bond motifs is 3. The van der Waals surface area contributed by atoms with Crippen molar-refractivity contribution in [1.29, 1.82) is 0 Å². The molecule has 1 aromatic heterocycles. The molecular weight excluding hydrogens is 323 g/mol. The van der Waals surface area contributed by atoms with E-state index in [-0.39, 0.29) is 6.10 Å². The minimum absolute atomic E-state index is 0.129. The van der Waals surface area contributed by atoms with E-state index in [1.54, 1.807) is 0 Å². The van der Waals surface area contributed by atoms with Gasteiger partial charge in [-0.25, -0.2) is 0 Å². The molecule has 3 rings (SSSR count). The number of aromatic nitrogens is 1. The lowest BCUT2D eigenvalue weighted by Crippen LogP contribution is -2.16. The molecule has 1 aliphatic rings. The summed E-state index contributed by atoms with van der Waals surface area (Å²) >= 11 is 5.82. The fourth-order valence-corrected chi connectivity index (χ4v) is 2.85. The van der Waals surface area contributed by atoms with Gasteiger partial charge in [-0.05, 0) is 6.07 Å². The van der Waals surface area contributed by atoms with Gasteiger partial charge >= 0.3 is 9.24 Å². The normalized spacial score (nSPS) is 18.6. The van der Waals surface area contributed by atoms with Crippen molar-refractivity contribution in [2.45, 2.75) is 12.6 Å². The summed E-state index contributed by atoms with van der Waals surface area (Å²) in [5.74, 6) is 0.932. The van der Waals surface area contributed by atoms with E-state index < -0.39 is 9.24 Å². The second-order valence-electron chi connectivity index (χ2n) is 4.39. The first-order valence-electron chi connectivity index (χ1n) is 5.83. The molecule has 2 heterocycles. The van der Waals surface area contributed by atoms with Gasteiger partial charge in [0.05, 0.1) is 29.7 Å². The van der Waals surface area contributed by atoms with E-state index in [0.29, 0.717) is 23.9 Å². The third-order valence-electron chi connectivity index (χ3n) is 3.10. The molecule has 0 aliphatic carbocycles. The number of alkyl halides is 1. The molecule has 2 aromatic rings. The molecule has 1 aromatic carbocycles. The van der Waals surface area contributed by atoms with Crippen LogP contribution in [0.2, 0.25) is 0 Å². The van der Waals surface area contributed by atoms with E-state index in [9.17, 15) is 8.42 Å². The summed E-state index contributed by atoms with van der Waals surface area (Å²) < 4.78 is 33.0. The molecule has 0 amide bonds. The Kier molecular flexibility index (Phi) is 3.40. The van der Waals surface area contributed by atoms with Crippen molar-refractivity contribution in [3.63, 3.8) is 0 Å². The lowest BCUT2D eigenvalue weighted by molar-refractivity contribution is 0.257. The summed E-state index contributed by atoms with van der Waals surface area (Å²) in [5, 5.41) is 0.861. The topological polar surface area (TPSA) is 60.7 Å². The van der Waals surface area contributed by atoms with Crippen molar-refractivity contribution in [3.05, 3.63) is 29.8 Å². The van der Waals surface area contributed by atoms with Crippen LogP contribution in [0.3, 0.4) is 0 Å². The van der Waals surface area contributed by atoms with E-state index in [4.69, 9.17) is 27.0 Å². The summed E-state index contributed by atoms with van der Waals surface area (Å²) in [7, 11) is 1.16. The number of halogens is 2. The Morgan fingerprint density at radius 1 is 1.45 bits per heavy atom. The lowest BCUT2D eigenvalue weighted by atomic mass is 10.2. The van der Waals surface area contributed by atoms with Crippen LogP contribution in [-0.2, 0) is 15.8 Å². The molecule has 1 unspecified atom stereocenters. The molecule has 20 heavy (non-hydrogen) atoms. The zero-order valence-corrected chi connectivity index (χ0v) is 12.5. The monoisotopic (exact) mass is 332 g/mol. The number of hydrogen-bond acceptors (Lipinski definition) is 3. The molecule has 0 saturated heterocycles. The summed E-state index contributed by atoms with van der Waals surface area (Å²) in [6, 6.07) is 7.58. The van der Waals surface area contributed by atoms with Gasteiger partial charge < -0.3 is 9.30 Å². The van der Waals surface area contributed by atoms with Gasteiger partial charge in [0.1, 0.15) is 6.10 Å². The van der Waals surface area contributed by atoms with Gasteiger partial charge in [-0.15, -0.1) is 11.6 Å². The van der Waals surface area contributed by atoms with E-state index in [1.165, 1.54) is 6.21 Å². The Morgan fingerprint density at radius 2 is 2.20 bits per heavy atom. The molecule has 106 valence electrons. The summed E-state index contributed by atoms with van der Waals surface area (Å²) in [6.07, 6.45) is 1.09. The molecule has 8 heteroatoms. The molecule has 0 N–H and O–H groups in total. The highest BCUT2D eigenvalue weighted by molar-refractivity contribution is 8.12. The fourth-order valence-electron chi connectivity index (χ4n) is 2.33. The van der Waals surface area contributed by atoms with Crippen molar-refractivity contribution >= 4 is 48.6 Å². The zero-order chi connectivity index (χ0) is 14.3. The zero-order valence-electron chi connectivity index (χ0n) is 10.2. The lowest BCUT2D eigenvalue weighted by Gasteiger charge is -2.05. The maximum atomic E-state index is 11.0. The number of ether oxygens (including phenoxy) is 1. The first-order chi connectivity index (χ1) is 9.49. The van der Waals surface area contributed by atoms with Crippen LogP contribution in [0, 0.1) is 0 Å².